The van der Waals surface area contributed by atoms with Crippen molar-refractivity contribution < 1.29 is 37.3 Å². The summed E-state index contributed by atoms with van der Waals surface area (Å²) in [6, 6.07) is -1.26. The molecular weight excluding hydrogens is 583 g/mol. The molecule has 0 radical (unpaired) electrons. The summed E-state index contributed by atoms with van der Waals surface area (Å²) in [4.78, 5) is 25.3. The van der Waals surface area contributed by atoms with E-state index in [-0.39, 0.29) is 23.2 Å². The standard InChI is InChI=1S/C36H58F3NO5/c1-21(2)29(40-31(42)45-32(4,5)6)30(41)44-28(36(37,38)39)15-10-22(3)25-13-14-26-24-12-11-23-20-33(7,43)18-19-34(23,8)27(24)16-17-35(25,26)9/h11,21-22,24-29,43H,10,12-20H2,1-9H3,(H,40,42)/t22-,24+,25-,26+,27+,28-,29+,33+,34+,35-/m1/s1. The van der Waals surface area contributed by atoms with Crippen LogP contribution in [0.4, 0.5) is 18.0 Å². The van der Waals surface area contributed by atoms with E-state index in [0.29, 0.717) is 30.1 Å². The first-order chi connectivity index (χ1) is 20.6. The molecule has 0 aromatic rings. The Balaban J connectivity index is 1.41. The van der Waals surface area contributed by atoms with Gasteiger partial charge in [0, 0.05) is 0 Å². The summed E-state index contributed by atoms with van der Waals surface area (Å²) in [5.41, 5.74) is 0.198. The van der Waals surface area contributed by atoms with Crippen molar-refractivity contribution in [2.45, 2.75) is 156 Å². The highest BCUT2D eigenvalue weighted by atomic mass is 19.4. The minimum absolute atomic E-state index is 0.0518. The lowest BCUT2D eigenvalue weighted by Crippen LogP contribution is -2.52. The number of halogens is 3. The molecule has 258 valence electrons. The van der Waals surface area contributed by atoms with E-state index in [0.717, 1.165) is 51.4 Å². The fraction of sp³-hybridized carbons (Fsp3) is 0.889. The molecule has 3 saturated carbocycles. The molecule has 45 heavy (non-hydrogen) atoms. The normalized spacial score (nSPS) is 37.0. The van der Waals surface area contributed by atoms with Gasteiger partial charge in [-0.25, -0.2) is 9.59 Å². The van der Waals surface area contributed by atoms with Crippen molar-refractivity contribution in [3.63, 3.8) is 0 Å². The third-order valence-electron chi connectivity index (χ3n) is 12.2. The third kappa shape index (κ3) is 7.70. The molecule has 10 atom stereocenters. The summed E-state index contributed by atoms with van der Waals surface area (Å²) < 4.78 is 52.9. The van der Waals surface area contributed by atoms with Crippen LogP contribution in [-0.4, -0.2) is 46.7 Å². The Morgan fingerprint density at radius 3 is 2.27 bits per heavy atom. The number of alkyl carbamates (subject to hydrolysis) is 1. The van der Waals surface area contributed by atoms with Gasteiger partial charge in [0.15, 0.2) is 6.10 Å². The quantitative estimate of drug-likeness (QED) is 0.205. The van der Waals surface area contributed by atoms with Crippen molar-refractivity contribution in [2.24, 2.45) is 46.3 Å². The second-order valence-corrected chi connectivity index (χ2v) is 17.1. The molecule has 6 nitrogen and oxygen atoms in total. The van der Waals surface area contributed by atoms with Gasteiger partial charge < -0.3 is 19.9 Å². The molecule has 9 heteroatoms. The average Bonchev–Trinajstić information content (AvgIpc) is 3.25. The molecule has 0 heterocycles. The lowest BCUT2D eigenvalue weighted by atomic mass is 9.46. The number of amides is 1. The molecule has 0 saturated heterocycles. The number of fused-ring (bicyclic) bond motifs is 5. The first kappa shape index (κ1) is 36.1. The number of allylic oxidation sites excluding steroid dienone is 1. The van der Waals surface area contributed by atoms with Crippen LogP contribution in [0, 0.1) is 46.3 Å². The molecule has 4 aliphatic carbocycles. The summed E-state index contributed by atoms with van der Waals surface area (Å²) in [5, 5.41) is 13.2. The number of alkyl halides is 3. The van der Waals surface area contributed by atoms with Crippen molar-refractivity contribution in [1.29, 1.82) is 0 Å². The van der Waals surface area contributed by atoms with E-state index in [2.05, 4.69) is 32.2 Å². The number of hydrogen-bond acceptors (Lipinski definition) is 5. The number of aliphatic hydroxyl groups is 1. The maximum Gasteiger partial charge on any atom is 0.425 e. The van der Waals surface area contributed by atoms with Gasteiger partial charge in [0.25, 0.3) is 0 Å². The largest absolute Gasteiger partial charge is 0.451 e. The van der Waals surface area contributed by atoms with E-state index in [1.165, 1.54) is 5.57 Å². The summed E-state index contributed by atoms with van der Waals surface area (Å²) in [6.07, 6.45) is 2.56. The molecule has 4 rings (SSSR count). The van der Waals surface area contributed by atoms with Crippen molar-refractivity contribution in [3.05, 3.63) is 11.6 Å². The van der Waals surface area contributed by atoms with Gasteiger partial charge in [0.1, 0.15) is 11.6 Å². The maximum atomic E-state index is 14.2. The number of carbonyl (C=O) groups excluding carboxylic acids is 2. The highest BCUT2D eigenvalue weighted by Gasteiger charge is 2.60. The fourth-order valence-electron chi connectivity index (χ4n) is 9.83. The third-order valence-corrected chi connectivity index (χ3v) is 12.2. The van der Waals surface area contributed by atoms with Gasteiger partial charge >= 0.3 is 18.2 Å². The van der Waals surface area contributed by atoms with E-state index in [1.807, 2.05) is 6.92 Å². The van der Waals surface area contributed by atoms with Gasteiger partial charge in [-0.2, -0.15) is 13.2 Å². The van der Waals surface area contributed by atoms with Gasteiger partial charge in [0.2, 0.25) is 0 Å². The Hall–Kier alpha value is -1.77. The number of carbonyl (C=O) groups is 2. The lowest BCUT2D eigenvalue weighted by Gasteiger charge is -2.59. The van der Waals surface area contributed by atoms with E-state index in [4.69, 9.17) is 9.47 Å². The van der Waals surface area contributed by atoms with Crippen LogP contribution in [0.2, 0.25) is 0 Å². The predicted octanol–water partition coefficient (Wildman–Crippen LogP) is 8.76. The van der Waals surface area contributed by atoms with Gasteiger partial charge in [-0.05, 0) is 138 Å². The van der Waals surface area contributed by atoms with Crippen molar-refractivity contribution in [3.8, 4) is 0 Å². The molecule has 0 spiro atoms. The Morgan fingerprint density at radius 1 is 1.00 bits per heavy atom. The molecule has 4 aliphatic rings. The topological polar surface area (TPSA) is 84.9 Å². The summed E-state index contributed by atoms with van der Waals surface area (Å²) in [5.74, 6) is 0.497. The first-order valence-corrected chi connectivity index (χ1v) is 17.3. The second-order valence-electron chi connectivity index (χ2n) is 17.1. The molecule has 0 aliphatic heterocycles. The first-order valence-electron chi connectivity index (χ1n) is 17.3. The minimum atomic E-state index is -4.71. The van der Waals surface area contributed by atoms with Crippen LogP contribution in [0.5, 0.6) is 0 Å². The number of esters is 1. The molecule has 0 aromatic carbocycles. The Morgan fingerprint density at radius 2 is 1.67 bits per heavy atom. The summed E-state index contributed by atoms with van der Waals surface area (Å²) in [6.45, 7) is 17.1. The number of ether oxygens (including phenoxy) is 2. The molecule has 0 bridgehead atoms. The van der Waals surface area contributed by atoms with Crippen LogP contribution in [-0.2, 0) is 14.3 Å². The molecular formula is C36H58F3NO5. The Bertz CT molecular complexity index is 1130. The van der Waals surface area contributed by atoms with Crippen molar-refractivity contribution in [2.75, 3.05) is 0 Å². The zero-order valence-electron chi connectivity index (χ0n) is 29.0. The molecule has 3 fully saturated rings. The SMILES string of the molecule is CC(C)[C@H](NC(=O)OC(C)(C)C)C(=O)O[C@H](CC[C@@H](C)[C@H]1CC[C@H]2[C@@H]3CC=C4C[C@@](C)(O)CC[C@]4(C)[C@H]3CC[C@]12C)C(F)(F)F. The highest BCUT2D eigenvalue weighted by Crippen LogP contribution is 2.67. The van der Waals surface area contributed by atoms with Crippen LogP contribution in [0.25, 0.3) is 0 Å². The van der Waals surface area contributed by atoms with Crippen molar-refractivity contribution in [1.82, 2.24) is 5.32 Å². The van der Waals surface area contributed by atoms with Crippen LogP contribution in [0.1, 0.15) is 127 Å². The Labute approximate surface area is 268 Å². The molecule has 1 amide bonds. The fourth-order valence-corrected chi connectivity index (χ4v) is 9.83. The smallest absolute Gasteiger partial charge is 0.425 e. The van der Waals surface area contributed by atoms with Crippen LogP contribution in [0.3, 0.4) is 0 Å². The van der Waals surface area contributed by atoms with Gasteiger partial charge in [-0.3, -0.25) is 0 Å². The number of nitrogens with one attached hydrogen (secondary N) is 1. The van der Waals surface area contributed by atoms with Crippen molar-refractivity contribution >= 4 is 12.1 Å². The van der Waals surface area contributed by atoms with E-state index in [1.54, 1.807) is 34.6 Å². The Kier molecular flexibility index (Phi) is 10.2. The summed E-state index contributed by atoms with van der Waals surface area (Å²) in [7, 11) is 0. The molecule has 2 N–H and O–H groups in total. The highest BCUT2D eigenvalue weighted by molar-refractivity contribution is 5.81. The molecule has 0 aromatic heterocycles. The summed E-state index contributed by atoms with van der Waals surface area (Å²) >= 11 is 0. The maximum absolute atomic E-state index is 14.2. The zero-order chi connectivity index (χ0) is 33.8. The van der Waals surface area contributed by atoms with Gasteiger partial charge in [-0.1, -0.05) is 46.3 Å². The lowest BCUT2D eigenvalue weighted by molar-refractivity contribution is -0.225. The second kappa shape index (κ2) is 12.7. The van der Waals surface area contributed by atoms with Crippen LogP contribution in [0.15, 0.2) is 11.6 Å². The van der Waals surface area contributed by atoms with Crippen LogP contribution < -0.4 is 5.32 Å². The number of hydrogen-bond donors (Lipinski definition) is 2. The predicted molar refractivity (Wildman–Crippen MR) is 168 cm³/mol. The zero-order valence-corrected chi connectivity index (χ0v) is 29.0. The number of rotatable bonds is 8. The minimum Gasteiger partial charge on any atom is -0.451 e. The van der Waals surface area contributed by atoms with Crippen LogP contribution >= 0.6 is 0 Å². The van der Waals surface area contributed by atoms with Gasteiger partial charge in [0.05, 0.1) is 5.60 Å². The monoisotopic (exact) mass is 641 g/mol. The van der Waals surface area contributed by atoms with E-state index < -0.39 is 47.5 Å². The van der Waals surface area contributed by atoms with E-state index >= 15 is 0 Å². The van der Waals surface area contributed by atoms with Gasteiger partial charge in [-0.15, -0.1) is 0 Å². The van der Waals surface area contributed by atoms with E-state index in [9.17, 15) is 27.9 Å². The molecule has 0 unspecified atom stereocenters. The average molecular weight is 642 g/mol.